The van der Waals surface area contributed by atoms with Crippen LogP contribution in [0.25, 0.3) is 10.8 Å². The summed E-state index contributed by atoms with van der Waals surface area (Å²) in [5.41, 5.74) is 6.98. The first-order valence-electron chi connectivity index (χ1n) is 10.9. The number of amides is 2. The topological polar surface area (TPSA) is 66.6 Å². The minimum Gasteiger partial charge on any atom is -0.342 e. The summed E-state index contributed by atoms with van der Waals surface area (Å²) >= 11 is 0. The first-order chi connectivity index (χ1) is 14.1. The molecule has 0 bridgehead atoms. The van der Waals surface area contributed by atoms with Crippen molar-refractivity contribution in [1.29, 1.82) is 0 Å². The van der Waals surface area contributed by atoms with E-state index < -0.39 is 0 Å². The number of likely N-dealkylation sites (tertiary alicyclic amines) is 2. The van der Waals surface area contributed by atoms with Crippen molar-refractivity contribution in [2.24, 2.45) is 23.5 Å². The van der Waals surface area contributed by atoms with Crippen molar-refractivity contribution < 1.29 is 9.59 Å². The molecule has 29 heavy (non-hydrogen) atoms. The molecule has 1 saturated carbocycles. The van der Waals surface area contributed by atoms with Gasteiger partial charge in [-0.25, -0.2) is 0 Å². The monoisotopic (exact) mass is 391 g/mol. The molecule has 1 aliphatic carbocycles. The highest BCUT2D eigenvalue weighted by atomic mass is 16.2. The molecular formula is C24H29N3O2. The largest absolute Gasteiger partial charge is 0.342 e. The highest BCUT2D eigenvalue weighted by Crippen LogP contribution is 2.38. The summed E-state index contributed by atoms with van der Waals surface area (Å²) < 4.78 is 0. The second kappa shape index (κ2) is 7.45. The van der Waals surface area contributed by atoms with Crippen LogP contribution in [0.3, 0.4) is 0 Å². The molecule has 2 amide bonds. The predicted molar refractivity (Wildman–Crippen MR) is 113 cm³/mol. The maximum atomic E-state index is 13.3. The fraction of sp³-hybridized carbons (Fsp3) is 0.500. The van der Waals surface area contributed by atoms with E-state index in [9.17, 15) is 9.59 Å². The van der Waals surface area contributed by atoms with Crippen molar-refractivity contribution in [3.63, 3.8) is 0 Å². The molecule has 2 aromatic carbocycles. The van der Waals surface area contributed by atoms with Crippen LogP contribution in [0.15, 0.2) is 42.5 Å². The van der Waals surface area contributed by atoms with Crippen molar-refractivity contribution in [1.82, 2.24) is 9.80 Å². The van der Waals surface area contributed by atoms with Crippen molar-refractivity contribution in [2.45, 2.75) is 31.7 Å². The standard InChI is InChI=1S/C24H29N3O2/c25-22-11-10-17-13-27(15-21(17)22)23(28)18-7-4-12-26(14-18)24(29)20-9-3-6-16-5-1-2-8-19(16)20/h1-3,5-6,8-9,17-18,21-22H,4,7,10-15,25H2. The lowest BCUT2D eigenvalue weighted by Crippen LogP contribution is -2.46. The molecule has 4 atom stereocenters. The molecule has 5 nitrogen and oxygen atoms in total. The Morgan fingerprint density at radius 2 is 1.72 bits per heavy atom. The average molecular weight is 392 g/mol. The summed E-state index contributed by atoms with van der Waals surface area (Å²) in [7, 11) is 0. The van der Waals surface area contributed by atoms with Crippen molar-refractivity contribution >= 4 is 22.6 Å². The summed E-state index contributed by atoms with van der Waals surface area (Å²) in [6.07, 6.45) is 3.99. The van der Waals surface area contributed by atoms with Crippen LogP contribution in [0.2, 0.25) is 0 Å². The van der Waals surface area contributed by atoms with E-state index in [1.165, 1.54) is 0 Å². The van der Waals surface area contributed by atoms with E-state index in [1.54, 1.807) is 0 Å². The lowest BCUT2D eigenvalue weighted by Gasteiger charge is -2.34. The second-order valence-electron chi connectivity index (χ2n) is 9.03. The third kappa shape index (κ3) is 3.31. The Bertz CT molecular complexity index is 937. The van der Waals surface area contributed by atoms with Crippen molar-refractivity contribution in [2.75, 3.05) is 26.2 Å². The Balaban J connectivity index is 1.30. The van der Waals surface area contributed by atoms with Gasteiger partial charge in [0.1, 0.15) is 0 Å². The predicted octanol–water partition coefficient (Wildman–Crippen LogP) is 2.89. The number of carbonyl (C=O) groups is 2. The number of nitrogens with two attached hydrogens (primary N) is 1. The maximum Gasteiger partial charge on any atom is 0.254 e. The van der Waals surface area contributed by atoms with E-state index >= 15 is 0 Å². The highest BCUT2D eigenvalue weighted by Gasteiger charge is 2.44. The van der Waals surface area contributed by atoms with Gasteiger partial charge in [-0.1, -0.05) is 36.4 Å². The lowest BCUT2D eigenvalue weighted by atomic mass is 9.95. The summed E-state index contributed by atoms with van der Waals surface area (Å²) in [6, 6.07) is 14.1. The van der Waals surface area contributed by atoms with E-state index in [0.717, 1.165) is 61.7 Å². The zero-order valence-corrected chi connectivity index (χ0v) is 16.8. The molecule has 3 aliphatic rings. The minimum atomic E-state index is -0.0854. The van der Waals surface area contributed by atoms with Crippen LogP contribution in [0.5, 0.6) is 0 Å². The van der Waals surface area contributed by atoms with Gasteiger partial charge in [-0.2, -0.15) is 0 Å². The van der Waals surface area contributed by atoms with Crippen molar-refractivity contribution in [3.8, 4) is 0 Å². The van der Waals surface area contributed by atoms with Gasteiger partial charge in [0.25, 0.3) is 5.91 Å². The molecule has 2 aromatic rings. The molecule has 0 aromatic heterocycles. The van der Waals surface area contributed by atoms with Crippen LogP contribution >= 0.6 is 0 Å². The summed E-state index contributed by atoms with van der Waals surface area (Å²) in [4.78, 5) is 30.4. The van der Waals surface area contributed by atoms with Gasteiger partial charge in [0, 0.05) is 37.8 Å². The van der Waals surface area contributed by atoms with Gasteiger partial charge >= 0.3 is 0 Å². The van der Waals surface area contributed by atoms with E-state index in [0.29, 0.717) is 18.4 Å². The summed E-state index contributed by atoms with van der Waals surface area (Å²) in [5, 5.41) is 2.05. The fourth-order valence-corrected chi connectivity index (χ4v) is 5.69. The third-order valence-electron chi connectivity index (χ3n) is 7.30. The van der Waals surface area contributed by atoms with Gasteiger partial charge in [-0.05, 0) is 54.4 Å². The molecule has 0 radical (unpaired) electrons. The summed E-state index contributed by atoms with van der Waals surface area (Å²) in [5.74, 6) is 1.22. The van der Waals surface area contributed by atoms with E-state index in [2.05, 4.69) is 0 Å². The quantitative estimate of drug-likeness (QED) is 0.856. The third-order valence-corrected chi connectivity index (χ3v) is 7.30. The number of nitrogens with zero attached hydrogens (tertiary/aromatic N) is 2. The number of hydrogen-bond acceptors (Lipinski definition) is 3. The maximum absolute atomic E-state index is 13.3. The van der Waals surface area contributed by atoms with E-state index in [-0.39, 0.29) is 23.8 Å². The van der Waals surface area contributed by atoms with Gasteiger partial charge in [0.2, 0.25) is 5.91 Å². The SMILES string of the molecule is NC1CCC2CN(C(=O)C3CCCN(C(=O)c4cccc5ccccc45)C3)CC12. The molecule has 5 heteroatoms. The molecule has 152 valence electrons. The number of carbonyl (C=O) groups excluding carboxylic acids is 2. The Morgan fingerprint density at radius 1 is 0.897 bits per heavy atom. The van der Waals surface area contributed by atoms with Crippen LogP contribution in [-0.2, 0) is 4.79 Å². The number of hydrogen-bond donors (Lipinski definition) is 1. The number of rotatable bonds is 2. The normalized spacial score (nSPS) is 29.3. The molecule has 2 heterocycles. The molecule has 5 rings (SSSR count). The zero-order valence-electron chi connectivity index (χ0n) is 16.8. The Morgan fingerprint density at radius 3 is 2.59 bits per heavy atom. The number of benzene rings is 2. The molecule has 0 spiro atoms. The highest BCUT2D eigenvalue weighted by molar-refractivity contribution is 6.07. The van der Waals surface area contributed by atoms with E-state index in [1.807, 2.05) is 52.3 Å². The Labute approximate surface area is 171 Å². The second-order valence-corrected chi connectivity index (χ2v) is 9.03. The zero-order chi connectivity index (χ0) is 20.0. The fourth-order valence-electron chi connectivity index (χ4n) is 5.69. The van der Waals surface area contributed by atoms with Gasteiger partial charge in [-0.3, -0.25) is 9.59 Å². The van der Waals surface area contributed by atoms with Crippen LogP contribution in [0.1, 0.15) is 36.0 Å². The Kier molecular flexibility index (Phi) is 4.78. The molecule has 3 fully saturated rings. The van der Waals surface area contributed by atoms with Crippen LogP contribution in [-0.4, -0.2) is 53.8 Å². The molecule has 2 N–H and O–H groups in total. The number of fused-ring (bicyclic) bond motifs is 2. The van der Waals surface area contributed by atoms with Crippen molar-refractivity contribution in [3.05, 3.63) is 48.0 Å². The molecule has 4 unspecified atom stereocenters. The summed E-state index contributed by atoms with van der Waals surface area (Å²) in [6.45, 7) is 2.91. The number of piperidine rings is 1. The molecule has 2 saturated heterocycles. The van der Waals surface area contributed by atoms with Crippen LogP contribution in [0, 0.1) is 17.8 Å². The molecular weight excluding hydrogens is 362 g/mol. The Hall–Kier alpha value is -2.40. The lowest BCUT2D eigenvalue weighted by molar-refractivity contribution is -0.136. The van der Waals surface area contributed by atoms with Gasteiger partial charge < -0.3 is 15.5 Å². The van der Waals surface area contributed by atoms with Crippen LogP contribution < -0.4 is 5.73 Å². The van der Waals surface area contributed by atoms with Gasteiger partial charge in [0.05, 0.1) is 5.92 Å². The first kappa shape index (κ1) is 18.6. The van der Waals surface area contributed by atoms with Gasteiger partial charge in [0.15, 0.2) is 0 Å². The van der Waals surface area contributed by atoms with Crippen LogP contribution in [0.4, 0.5) is 0 Å². The smallest absolute Gasteiger partial charge is 0.254 e. The van der Waals surface area contributed by atoms with E-state index in [4.69, 9.17) is 5.73 Å². The van der Waals surface area contributed by atoms with Gasteiger partial charge in [-0.15, -0.1) is 0 Å². The minimum absolute atomic E-state index is 0.0413. The molecule has 2 aliphatic heterocycles. The first-order valence-corrected chi connectivity index (χ1v) is 10.9. The average Bonchev–Trinajstić information content (AvgIpc) is 3.34.